The number of halogens is 1. The number of carboxylic acid groups (broad SMARTS) is 1. The average molecular weight is 262 g/mol. The zero-order valence-electron chi connectivity index (χ0n) is 10.1. The normalized spacial score (nSPS) is 10.0. The van der Waals surface area contributed by atoms with Gasteiger partial charge in [0.15, 0.2) is 23.1 Å². The lowest BCUT2D eigenvalue weighted by Gasteiger charge is -2.12. The molecule has 0 amide bonds. The SMILES string of the molecule is COc1ccccc1Oc1c(F)cccc1C(=O)O. The molecule has 1 N–H and O–H groups in total. The summed E-state index contributed by atoms with van der Waals surface area (Å²) in [5, 5.41) is 9.02. The van der Waals surface area contributed by atoms with Crippen molar-refractivity contribution in [2.75, 3.05) is 7.11 Å². The van der Waals surface area contributed by atoms with Gasteiger partial charge in [-0.2, -0.15) is 0 Å². The minimum Gasteiger partial charge on any atom is -0.493 e. The van der Waals surface area contributed by atoms with E-state index in [4.69, 9.17) is 14.6 Å². The molecule has 19 heavy (non-hydrogen) atoms. The molecule has 0 saturated heterocycles. The summed E-state index contributed by atoms with van der Waals surface area (Å²) in [6.45, 7) is 0. The van der Waals surface area contributed by atoms with Crippen LogP contribution >= 0.6 is 0 Å². The Balaban J connectivity index is 2.46. The highest BCUT2D eigenvalue weighted by molar-refractivity contribution is 5.91. The van der Waals surface area contributed by atoms with Gasteiger partial charge in [-0.1, -0.05) is 18.2 Å². The molecule has 5 heteroatoms. The van der Waals surface area contributed by atoms with Gasteiger partial charge < -0.3 is 14.6 Å². The summed E-state index contributed by atoms with van der Waals surface area (Å²) in [7, 11) is 1.45. The van der Waals surface area contributed by atoms with Crippen LogP contribution in [0.1, 0.15) is 10.4 Å². The Kier molecular flexibility index (Phi) is 3.66. The molecule has 0 bridgehead atoms. The molecule has 0 fully saturated rings. The second kappa shape index (κ2) is 5.39. The summed E-state index contributed by atoms with van der Waals surface area (Å²) in [6.07, 6.45) is 0. The molecule has 0 atom stereocenters. The van der Waals surface area contributed by atoms with Gasteiger partial charge in [-0.3, -0.25) is 0 Å². The van der Waals surface area contributed by atoms with Crippen LogP contribution in [0.4, 0.5) is 4.39 Å². The fourth-order valence-corrected chi connectivity index (χ4v) is 1.59. The fraction of sp³-hybridized carbons (Fsp3) is 0.0714. The van der Waals surface area contributed by atoms with Crippen LogP contribution < -0.4 is 9.47 Å². The number of para-hydroxylation sites is 3. The van der Waals surface area contributed by atoms with Gasteiger partial charge in [-0.15, -0.1) is 0 Å². The third kappa shape index (κ3) is 2.65. The lowest BCUT2D eigenvalue weighted by Crippen LogP contribution is -2.02. The Morgan fingerprint density at radius 1 is 1.11 bits per heavy atom. The van der Waals surface area contributed by atoms with Crippen LogP contribution in [0.3, 0.4) is 0 Å². The van der Waals surface area contributed by atoms with Crippen molar-refractivity contribution < 1.29 is 23.8 Å². The molecule has 0 saturated carbocycles. The van der Waals surface area contributed by atoms with Crippen molar-refractivity contribution in [1.82, 2.24) is 0 Å². The molecule has 0 aromatic heterocycles. The van der Waals surface area contributed by atoms with E-state index in [9.17, 15) is 9.18 Å². The van der Waals surface area contributed by atoms with Gasteiger partial charge in [-0.25, -0.2) is 9.18 Å². The summed E-state index contributed by atoms with van der Waals surface area (Å²) in [6, 6.07) is 10.3. The fourth-order valence-electron chi connectivity index (χ4n) is 1.59. The van der Waals surface area contributed by atoms with Gasteiger partial charge in [0.2, 0.25) is 0 Å². The maximum atomic E-state index is 13.7. The van der Waals surface area contributed by atoms with Crippen molar-refractivity contribution in [3.05, 3.63) is 53.8 Å². The van der Waals surface area contributed by atoms with E-state index in [1.807, 2.05) is 0 Å². The van der Waals surface area contributed by atoms with E-state index >= 15 is 0 Å². The van der Waals surface area contributed by atoms with E-state index in [0.717, 1.165) is 6.07 Å². The van der Waals surface area contributed by atoms with Crippen LogP contribution in [0.25, 0.3) is 0 Å². The summed E-state index contributed by atoms with van der Waals surface area (Å²) in [5.74, 6) is -1.70. The molecule has 0 aliphatic carbocycles. The first-order valence-corrected chi connectivity index (χ1v) is 5.46. The summed E-state index contributed by atoms with van der Waals surface area (Å²) >= 11 is 0. The maximum Gasteiger partial charge on any atom is 0.339 e. The number of aromatic carboxylic acids is 1. The van der Waals surface area contributed by atoms with Gasteiger partial charge in [0, 0.05) is 0 Å². The number of ether oxygens (including phenoxy) is 2. The van der Waals surface area contributed by atoms with Crippen molar-refractivity contribution in [2.45, 2.75) is 0 Å². The highest BCUT2D eigenvalue weighted by Gasteiger charge is 2.17. The molecule has 4 nitrogen and oxygen atoms in total. The minimum atomic E-state index is -1.26. The summed E-state index contributed by atoms with van der Waals surface area (Å²) in [5.41, 5.74) is -0.245. The Hall–Kier alpha value is -2.56. The predicted molar refractivity (Wildman–Crippen MR) is 66.4 cm³/mol. The first-order valence-electron chi connectivity index (χ1n) is 5.46. The van der Waals surface area contributed by atoms with Crippen LogP contribution in [0, 0.1) is 5.82 Å². The highest BCUT2D eigenvalue weighted by atomic mass is 19.1. The van der Waals surface area contributed by atoms with Crippen LogP contribution in [0.5, 0.6) is 17.2 Å². The zero-order chi connectivity index (χ0) is 13.8. The first kappa shape index (κ1) is 12.9. The molecule has 2 rings (SSSR count). The summed E-state index contributed by atoms with van der Waals surface area (Å²) in [4.78, 5) is 11.0. The van der Waals surface area contributed by atoms with Gasteiger partial charge in [0.25, 0.3) is 0 Å². The van der Waals surface area contributed by atoms with Gasteiger partial charge in [0.1, 0.15) is 5.56 Å². The van der Waals surface area contributed by atoms with Crippen molar-refractivity contribution in [3.63, 3.8) is 0 Å². The third-order valence-electron chi connectivity index (χ3n) is 2.48. The van der Waals surface area contributed by atoms with E-state index < -0.39 is 11.8 Å². The largest absolute Gasteiger partial charge is 0.493 e. The molecule has 0 aliphatic heterocycles. The topological polar surface area (TPSA) is 55.8 Å². The third-order valence-corrected chi connectivity index (χ3v) is 2.48. The van der Waals surface area contributed by atoms with Crippen LogP contribution in [-0.4, -0.2) is 18.2 Å². The van der Waals surface area contributed by atoms with E-state index in [0.29, 0.717) is 5.75 Å². The molecular formula is C14H11FO4. The van der Waals surface area contributed by atoms with Crippen molar-refractivity contribution in [3.8, 4) is 17.2 Å². The van der Waals surface area contributed by atoms with Crippen LogP contribution in [-0.2, 0) is 0 Å². The molecule has 2 aromatic rings. The van der Waals surface area contributed by atoms with E-state index in [1.54, 1.807) is 24.3 Å². The standard InChI is InChI=1S/C14H11FO4/c1-18-11-7-2-3-8-12(11)19-13-9(14(16)17)5-4-6-10(13)15/h2-8H,1H3,(H,16,17). The zero-order valence-corrected chi connectivity index (χ0v) is 10.1. The van der Waals surface area contributed by atoms with Crippen molar-refractivity contribution >= 4 is 5.97 Å². The number of hydrogen-bond acceptors (Lipinski definition) is 3. The van der Waals surface area contributed by atoms with Gasteiger partial charge >= 0.3 is 5.97 Å². The van der Waals surface area contributed by atoms with Gasteiger partial charge in [-0.05, 0) is 24.3 Å². The van der Waals surface area contributed by atoms with Crippen molar-refractivity contribution in [2.24, 2.45) is 0 Å². The Morgan fingerprint density at radius 3 is 2.42 bits per heavy atom. The van der Waals surface area contributed by atoms with Crippen LogP contribution in [0.15, 0.2) is 42.5 Å². The first-order chi connectivity index (χ1) is 9.13. The number of benzene rings is 2. The number of carbonyl (C=O) groups is 1. The van der Waals surface area contributed by atoms with E-state index in [-0.39, 0.29) is 17.1 Å². The Bertz CT molecular complexity index is 610. The van der Waals surface area contributed by atoms with Crippen molar-refractivity contribution in [1.29, 1.82) is 0 Å². The predicted octanol–water partition coefficient (Wildman–Crippen LogP) is 3.32. The molecule has 0 aliphatic rings. The maximum absolute atomic E-state index is 13.7. The minimum absolute atomic E-state index is 0.245. The molecule has 2 aromatic carbocycles. The lowest BCUT2D eigenvalue weighted by molar-refractivity contribution is 0.0693. The van der Waals surface area contributed by atoms with E-state index in [2.05, 4.69) is 0 Å². The highest BCUT2D eigenvalue weighted by Crippen LogP contribution is 2.34. The summed E-state index contributed by atoms with van der Waals surface area (Å²) < 4.78 is 24.1. The number of methoxy groups -OCH3 is 1. The quantitative estimate of drug-likeness (QED) is 0.918. The van der Waals surface area contributed by atoms with Crippen LogP contribution in [0.2, 0.25) is 0 Å². The van der Waals surface area contributed by atoms with Gasteiger partial charge in [0.05, 0.1) is 7.11 Å². The number of hydrogen-bond donors (Lipinski definition) is 1. The Morgan fingerprint density at radius 2 is 1.79 bits per heavy atom. The number of rotatable bonds is 4. The number of carboxylic acids is 1. The molecule has 0 spiro atoms. The molecule has 0 unspecified atom stereocenters. The molecule has 98 valence electrons. The smallest absolute Gasteiger partial charge is 0.339 e. The molecule has 0 radical (unpaired) electrons. The molecule has 0 heterocycles. The monoisotopic (exact) mass is 262 g/mol. The molecular weight excluding hydrogens is 251 g/mol. The second-order valence-corrected chi connectivity index (χ2v) is 3.67. The lowest BCUT2D eigenvalue weighted by atomic mass is 10.2. The average Bonchev–Trinajstić information content (AvgIpc) is 2.41. The Labute approximate surface area is 109 Å². The van der Waals surface area contributed by atoms with E-state index in [1.165, 1.54) is 19.2 Å². The second-order valence-electron chi connectivity index (χ2n) is 3.67.